The van der Waals surface area contributed by atoms with Gasteiger partial charge in [-0.3, -0.25) is 0 Å². The van der Waals surface area contributed by atoms with Crippen LogP contribution >= 0.6 is 27.7 Å². The number of allylic oxidation sites excluding steroid dienone is 3. The molecule has 5 aromatic carbocycles. The largest absolute Gasteiger partial charge is 0.117 e. The summed E-state index contributed by atoms with van der Waals surface area (Å²) < 4.78 is 1.19. The molecule has 0 aromatic heterocycles. The Kier molecular flexibility index (Phi) is 4.55. The van der Waals surface area contributed by atoms with E-state index in [4.69, 9.17) is 0 Å². The first-order chi connectivity index (χ1) is 19.2. The fraction of sp³-hybridized carbons (Fsp3) is 0.0811. The summed E-state index contributed by atoms with van der Waals surface area (Å²) in [6.45, 7) is 0. The molecule has 3 aliphatic carbocycles. The van der Waals surface area contributed by atoms with Crippen LogP contribution in [0.25, 0.3) is 33.4 Å². The van der Waals surface area contributed by atoms with Gasteiger partial charge in [0.25, 0.3) is 0 Å². The van der Waals surface area contributed by atoms with Crippen molar-refractivity contribution in [2.45, 2.75) is 21.5 Å². The molecule has 0 N–H and O–H groups in total. The van der Waals surface area contributed by atoms with Crippen LogP contribution in [0.1, 0.15) is 33.7 Å². The number of fused-ring (bicyclic) bond motifs is 13. The van der Waals surface area contributed by atoms with Gasteiger partial charge in [-0.15, -0.1) is 11.8 Å². The first-order valence-electron chi connectivity index (χ1n) is 13.5. The van der Waals surface area contributed by atoms with Crippen molar-refractivity contribution in [3.63, 3.8) is 0 Å². The van der Waals surface area contributed by atoms with Gasteiger partial charge in [-0.05, 0) is 73.3 Å². The van der Waals surface area contributed by atoms with Crippen molar-refractivity contribution in [1.29, 1.82) is 0 Å². The molecule has 2 atom stereocenters. The zero-order valence-corrected chi connectivity index (χ0v) is 23.5. The Balaban J connectivity index is 1.27. The van der Waals surface area contributed by atoms with Crippen molar-refractivity contribution in [2.24, 2.45) is 0 Å². The molecular weight excluding hydrogens is 556 g/mol. The summed E-state index contributed by atoms with van der Waals surface area (Å²) in [5.74, 6) is 0.463. The van der Waals surface area contributed by atoms with Crippen LogP contribution in [0.3, 0.4) is 0 Å². The molecule has 184 valence electrons. The summed E-state index contributed by atoms with van der Waals surface area (Å²) in [7, 11) is 0. The van der Waals surface area contributed by atoms with Gasteiger partial charge in [0.05, 0.1) is 5.41 Å². The number of hydrogen-bond acceptors (Lipinski definition) is 1. The van der Waals surface area contributed by atoms with Crippen LogP contribution in [-0.2, 0) is 5.41 Å². The molecule has 4 aliphatic rings. The third kappa shape index (κ3) is 2.86. The average Bonchev–Trinajstić information content (AvgIpc) is 3.60. The maximum atomic E-state index is 3.68. The topological polar surface area (TPSA) is 0 Å². The molecule has 1 heterocycles. The van der Waals surface area contributed by atoms with Crippen molar-refractivity contribution >= 4 is 27.7 Å². The Morgan fingerprint density at radius 2 is 1.15 bits per heavy atom. The summed E-state index contributed by atoms with van der Waals surface area (Å²) in [5, 5.41) is 0.471. The van der Waals surface area contributed by atoms with Gasteiger partial charge in [0, 0.05) is 20.5 Å². The zero-order chi connectivity index (χ0) is 25.7. The molecule has 0 saturated carbocycles. The van der Waals surface area contributed by atoms with Crippen molar-refractivity contribution in [1.82, 2.24) is 0 Å². The molecule has 0 radical (unpaired) electrons. The summed E-state index contributed by atoms with van der Waals surface area (Å²) in [5.41, 5.74) is 14.7. The monoisotopic (exact) mass is 578 g/mol. The minimum absolute atomic E-state index is 0.294. The van der Waals surface area contributed by atoms with E-state index in [0.29, 0.717) is 11.2 Å². The van der Waals surface area contributed by atoms with E-state index in [1.807, 2.05) is 11.8 Å². The fourth-order valence-electron chi connectivity index (χ4n) is 7.52. The van der Waals surface area contributed by atoms with Crippen molar-refractivity contribution < 1.29 is 0 Å². The van der Waals surface area contributed by atoms with Gasteiger partial charge >= 0.3 is 0 Å². The lowest BCUT2D eigenvalue weighted by Crippen LogP contribution is -2.25. The van der Waals surface area contributed by atoms with Crippen LogP contribution in [0.15, 0.2) is 137 Å². The summed E-state index contributed by atoms with van der Waals surface area (Å²) >= 11 is 5.67. The van der Waals surface area contributed by atoms with Crippen molar-refractivity contribution in [3.8, 4) is 33.4 Å². The van der Waals surface area contributed by atoms with Gasteiger partial charge in [-0.25, -0.2) is 0 Å². The zero-order valence-electron chi connectivity index (χ0n) is 21.1. The Labute approximate surface area is 241 Å². The number of halogens is 1. The molecule has 2 heteroatoms. The van der Waals surface area contributed by atoms with Crippen molar-refractivity contribution in [2.75, 3.05) is 0 Å². The highest BCUT2D eigenvalue weighted by atomic mass is 79.9. The van der Waals surface area contributed by atoms with Gasteiger partial charge in [0.1, 0.15) is 0 Å². The lowest BCUT2D eigenvalue weighted by atomic mass is 9.70. The molecular formula is C37H23BrS. The van der Waals surface area contributed by atoms with E-state index < -0.39 is 0 Å². The molecule has 9 rings (SSSR count). The molecule has 0 saturated heterocycles. The summed E-state index contributed by atoms with van der Waals surface area (Å²) in [6.07, 6.45) is 6.89. The van der Waals surface area contributed by atoms with E-state index in [2.05, 4.69) is 143 Å². The van der Waals surface area contributed by atoms with Crippen LogP contribution in [0.4, 0.5) is 0 Å². The van der Waals surface area contributed by atoms with Gasteiger partial charge < -0.3 is 0 Å². The molecule has 5 aromatic rings. The molecule has 39 heavy (non-hydrogen) atoms. The standard InChI is InChI=1S/C37H23BrS/c38-24-15-18-30-29-17-14-23(20-35(29)39-36(30)21-24)22-13-16-28-27-9-3-6-12-33(27)37(34(28)19-22)31-10-4-1-7-25(31)26-8-2-5-11-32(26)37/h1-21,30,36H. The number of benzene rings is 5. The van der Waals surface area contributed by atoms with E-state index >= 15 is 0 Å². The highest BCUT2D eigenvalue weighted by Crippen LogP contribution is 2.63. The Morgan fingerprint density at radius 1 is 0.590 bits per heavy atom. The van der Waals surface area contributed by atoms with Crippen LogP contribution in [0.5, 0.6) is 0 Å². The van der Waals surface area contributed by atoms with E-state index in [0.717, 1.165) is 0 Å². The maximum absolute atomic E-state index is 3.68. The van der Waals surface area contributed by atoms with Gasteiger partial charge in [-0.2, -0.15) is 0 Å². The van der Waals surface area contributed by atoms with Crippen molar-refractivity contribution in [3.05, 3.63) is 160 Å². The maximum Gasteiger partial charge on any atom is 0.0725 e. The average molecular weight is 580 g/mol. The second-order valence-corrected chi connectivity index (χ2v) is 13.1. The smallest absolute Gasteiger partial charge is 0.0725 e. The van der Waals surface area contributed by atoms with Crippen LogP contribution in [0.2, 0.25) is 0 Å². The van der Waals surface area contributed by atoms with Crippen LogP contribution < -0.4 is 0 Å². The minimum Gasteiger partial charge on any atom is -0.117 e. The predicted octanol–water partition coefficient (Wildman–Crippen LogP) is 10.1. The molecule has 0 fully saturated rings. The van der Waals surface area contributed by atoms with Gasteiger partial charge in [-0.1, -0.05) is 131 Å². The first kappa shape index (κ1) is 22.2. The van der Waals surface area contributed by atoms with Gasteiger partial charge in [0.15, 0.2) is 0 Å². The van der Waals surface area contributed by atoms with Gasteiger partial charge in [0.2, 0.25) is 0 Å². The van der Waals surface area contributed by atoms with E-state index in [9.17, 15) is 0 Å². The Hall–Kier alpha value is -3.59. The minimum atomic E-state index is -0.294. The van der Waals surface area contributed by atoms with Crippen LogP contribution in [0, 0.1) is 0 Å². The van der Waals surface area contributed by atoms with E-state index in [1.54, 1.807) is 0 Å². The second-order valence-electron chi connectivity index (χ2n) is 10.9. The lowest BCUT2D eigenvalue weighted by molar-refractivity contribution is 0.794. The molecule has 0 bridgehead atoms. The Bertz CT molecular complexity index is 1860. The Morgan fingerprint density at radius 3 is 1.82 bits per heavy atom. The molecule has 1 spiro atoms. The predicted molar refractivity (Wildman–Crippen MR) is 167 cm³/mol. The summed E-state index contributed by atoms with van der Waals surface area (Å²) in [4.78, 5) is 1.40. The van der Waals surface area contributed by atoms with Crippen LogP contribution in [-0.4, -0.2) is 5.25 Å². The number of hydrogen-bond donors (Lipinski definition) is 0. The molecule has 2 unspecified atom stereocenters. The molecule has 1 aliphatic heterocycles. The molecule has 0 amide bonds. The SMILES string of the molecule is BrC1=CC2Sc3cc(-c4ccc5c(c4)C4(c6ccccc6-c6ccccc64)c4ccccc4-5)ccc3C2C=C1. The normalized spacial score (nSPS) is 20.1. The second kappa shape index (κ2) is 7.97. The molecule has 0 nitrogen and oxygen atoms in total. The summed E-state index contributed by atoms with van der Waals surface area (Å²) in [6, 6.07) is 41.4. The quantitative estimate of drug-likeness (QED) is 0.187. The van der Waals surface area contributed by atoms with E-state index in [-0.39, 0.29) is 5.41 Å². The number of thioether (sulfide) groups is 1. The lowest BCUT2D eigenvalue weighted by Gasteiger charge is -2.30. The first-order valence-corrected chi connectivity index (χ1v) is 15.2. The highest BCUT2D eigenvalue weighted by Gasteiger charge is 2.51. The number of rotatable bonds is 1. The highest BCUT2D eigenvalue weighted by molar-refractivity contribution is 9.11. The third-order valence-corrected chi connectivity index (χ3v) is 10.9. The fourth-order valence-corrected chi connectivity index (χ4v) is 9.56. The third-order valence-electron chi connectivity index (χ3n) is 9.11. The van der Waals surface area contributed by atoms with E-state index in [1.165, 1.54) is 70.6 Å².